The molecule has 1 aliphatic carbocycles. The number of benzene rings is 5. The van der Waals surface area contributed by atoms with E-state index in [-0.39, 0.29) is 10.6 Å². The number of para-hydroxylation sites is 2. The minimum Gasteiger partial charge on any atom is -0.744 e. The number of nitrogens with one attached hydrogen (secondary N) is 3. The monoisotopic (exact) mass is 989 g/mol. The first-order valence-corrected chi connectivity index (χ1v) is 28.4. The van der Waals surface area contributed by atoms with Crippen molar-refractivity contribution in [3.8, 4) is 22.5 Å². The zero-order valence-corrected chi connectivity index (χ0v) is 44.3. The molecule has 0 amide bonds. The van der Waals surface area contributed by atoms with E-state index in [0.29, 0.717) is 57.7 Å². The van der Waals surface area contributed by atoms with E-state index in [9.17, 15) is 29.8 Å². The van der Waals surface area contributed by atoms with E-state index < -0.39 is 30.2 Å². The van der Waals surface area contributed by atoms with Crippen LogP contribution in [-0.2, 0) is 30.2 Å². The van der Waals surface area contributed by atoms with Crippen molar-refractivity contribution in [3.63, 3.8) is 0 Å². The highest BCUT2D eigenvalue weighted by atomic mass is 32.2. The highest BCUT2D eigenvalue weighted by molar-refractivity contribution is 7.89. The fraction of sp³-hybridized carbons (Fsp3) is 0.415. The molecule has 6 rings (SSSR count). The van der Waals surface area contributed by atoms with E-state index in [1.165, 1.54) is 51.5 Å². The lowest BCUT2D eigenvalue weighted by atomic mass is 9.93. The maximum absolute atomic E-state index is 12.3. The van der Waals surface area contributed by atoms with Crippen LogP contribution < -0.4 is 20.1 Å². The Bertz CT molecular complexity index is 2890. The first kappa shape index (κ1) is 57.4. The summed E-state index contributed by atoms with van der Waals surface area (Å²) in [5.41, 5.74) is 9.20. The molecule has 4 aromatic carbocycles. The van der Waals surface area contributed by atoms with E-state index in [1.807, 2.05) is 107 Å². The molecule has 0 fully saturated rings. The number of fused-ring (bicyclic) bond motifs is 2. The van der Waals surface area contributed by atoms with E-state index in [2.05, 4.69) is 42.5 Å². The first-order valence-electron chi connectivity index (χ1n) is 23.5. The summed E-state index contributed by atoms with van der Waals surface area (Å²) in [5, 5.41) is 4.89. The molecule has 1 heterocycles. The van der Waals surface area contributed by atoms with Gasteiger partial charge in [-0.15, -0.1) is 0 Å². The molecule has 4 aromatic rings. The van der Waals surface area contributed by atoms with Gasteiger partial charge in [-0.2, -0.15) is 0 Å². The van der Waals surface area contributed by atoms with Gasteiger partial charge in [0.05, 0.1) is 27.9 Å². The van der Waals surface area contributed by atoms with Gasteiger partial charge in [0.2, 0.25) is 20.0 Å². The molecule has 0 bridgehead atoms. The third-order valence-electron chi connectivity index (χ3n) is 11.2. The summed E-state index contributed by atoms with van der Waals surface area (Å²) in [6.07, 6.45) is 10.5. The van der Waals surface area contributed by atoms with Crippen molar-refractivity contribution in [2.24, 2.45) is 10.9 Å². The van der Waals surface area contributed by atoms with Gasteiger partial charge < -0.3 is 14.3 Å². The average Bonchev–Trinajstić information content (AvgIpc) is 3.28. The van der Waals surface area contributed by atoms with Crippen LogP contribution >= 0.6 is 0 Å². The van der Waals surface area contributed by atoms with Gasteiger partial charge in [0.1, 0.15) is 21.5 Å². The predicted octanol–water partition coefficient (Wildman–Crippen LogP) is 12.2. The number of sulfonamides is 2. The average molecular weight is 990 g/mol. The normalized spacial score (nSPS) is 12.3. The molecule has 0 saturated carbocycles. The highest BCUT2D eigenvalue weighted by Gasteiger charge is 2.21. The van der Waals surface area contributed by atoms with E-state index in [4.69, 9.17) is 9.41 Å². The van der Waals surface area contributed by atoms with Gasteiger partial charge in [-0.3, -0.25) is 0 Å². The second-order valence-corrected chi connectivity index (χ2v) is 22.2. The lowest BCUT2D eigenvalue weighted by molar-refractivity contribution is 0.444. The number of nitrogens with zero attached hydrogens (tertiary/aromatic N) is 1. The van der Waals surface area contributed by atoms with Crippen molar-refractivity contribution in [2.45, 2.75) is 119 Å². The van der Waals surface area contributed by atoms with Gasteiger partial charge >= 0.3 is 0 Å². The molecular weight excluding hydrogens is 917 g/mol. The number of anilines is 2. The zero-order valence-electron chi connectivity index (χ0n) is 41.8. The Morgan fingerprint density at radius 3 is 1.79 bits per heavy atom. The standard InChI is InChI=1S/C35H30N2O4S.C9H21NO2S.C5H12.C4H11NO2S/c1-21-9-7-10-22(2)34(21)36-25-15-17-27-30(19-25)41-31-20-26(37-35-23(3)11-8-12-24(35)4)16-18-28(31)33(27)29-13-5-6-14-32(29)42(38,39)40;1-4-6-7-9(5-2)8-10-13(3,11)12;1-3-5-4-2;1-3-4-8(6,7)5-2/h5-20,36H,1-4H3,(H,38,39,40);9-10H,4-8H2,1-3H3;3-5H2,1-2H3;5H,3-4H2,1-2H3/p-1. The van der Waals surface area contributed by atoms with Crippen LogP contribution in [0.1, 0.15) is 108 Å². The fourth-order valence-electron chi connectivity index (χ4n) is 7.41. The molecule has 0 saturated heterocycles. The molecule has 1 unspecified atom stereocenters. The first-order chi connectivity index (χ1) is 32.1. The van der Waals surface area contributed by atoms with Gasteiger partial charge in [0.15, 0.2) is 0 Å². The number of hydrogen-bond acceptors (Lipinski definition) is 10. The van der Waals surface area contributed by atoms with Crippen LogP contribution in [0.4, 0.5) is 17.1 Å². The Balaban J connectivity index is 0.000000386. The summed E-state index contributed by atoms with van der Waals surface area (Å²) in [4.78, 5) is 4.63. The van der Waals surface area contributed by atoms with Crippen molar-refractivity contribution >= 4 is 58.2 Å². The van der Waals surface area contributed by atoms with Crippen molar-refractivity contribution in [1.82, 2.24) is 9.44 Å². The molecule has 0 spiro atoms. The Morgan fingerprint density at radius 2 is 1.28 bits per heavy atom. The molecule has 15 heteroatoms. The van der Waals surface area contributed by atoms with E-state index in [0.717, 1.165) is 52.2 Å². The second kappa shape index (κ2) is 27.3. The molecule has 2 aliphatic rings. The van der Waals surface area contributed by atoms with Crippen molar-refractivity contribution in [1.29, 1.82) is 0 Å². The zero-order chi connectivity index (χ0) is 50.7. The quantitative estimate of drug-likeness (QED) is 0.0590. The largest absolute Gasteiger partial charge is 0.744 e. The van der Waals surface area contributed by atoms with Gasteiger partial charge in [0, 0.05) is 52.1 Å². The second-order valence-electron chi connectivity index (χ2n) is 17.0. The SMILES string of the molecule is CCCCC.CCCCC(CC)CNS(C)(=O)=O.CCCS(=O)(=O)NC.Cc1cccc(C)c1N=c1ccc2c(-c3ccccc3S(=O)(=O)[O-])c3ccc(Nc4c(C)cccc4C)cc3oc-2c1. The summed E-state index contributed by atoms with van der Waals surface area (Å²) in [6, 6.07) is 29.8. The van der Waals surface area contributed by atoms with Crippen LogP contribution in [0.2, 0.25) is 0 Å². The molecule has 0 radical (unpaired) electrons. The molecule has 1 aliphatic heterocycles. The van der Waals surface area contributed by atoms with E-state index >= 15 is 0 Å². The molecule has 12 nitrogen and oxygen atoms in total. The highest BCUT2D eigenvalue weighted by Crippen LogP contribution is 2.43. The van der Waals surface area contributed by atoms with E-state index in [1.54, 1.807) is 18.2 Å². The minimum absolute atomic E-state index is 0.226. The lowest BCUT2D eigenvalue weighted by Gasteiger charge is -2.20. The Kier molecular flexibility index (Phi) is 23.1. The summed E-state index contributed by atoms with van der Waals surface area (Å²) in [6.45, 7) is 19.2. The minimum atomic E-state index is -4.75. The molecule has 0 aromatic heterocycles. The van der Waals surface area contributed by atoms with Crippen molar-refractivity contribution in [2.75, 3.05) is 30.9 Å². The summed E-state index contributed by atoms with van der Waals surface area (Å²) >= 11 is 0. The van der Waals surface area contributed by atoms with Gasteiger partial charge in [-0.1, -0.05) is 128 Å². The molecule has 1 atom stereocenters. The van der Waals surface area contributed by atoms with Crippen LogP contribution in [0.15, 0.2) is 111 Å². The van der Waals surface area contributed by atoms with Gasteiger partial charge in [-0.05, 0) is 106 Å². The number of unbranched alkanes of at least 4 members (excludes halogenated alkanes) is 3. The van der Waals surface area contributed by atoms with Crippen LogP contribution in [0, 0.1) is 33.6 Å². The fourth-order valence-corrected chi connectivity index (χ4v) is 9.38. The van der Waals surface area contributed by atoms with Crippen molar-refractivity contribution in [3.05, 3.63) is 125 Å². The summed E-state index contributed by atoms with van der Waals surface area (Å²) < 4.78 is 90.9. The Morgan fingerprint density at radius 1 is 0.676 bits per heavy atom. The maximum atomic E-state index is 12.3. The van der Waals surface area contributed by atoms with Crippen LogP contribution in [-0.4, -0.2) is 55.4 Å². The van der Waals surface area contributed by atoms with Gasteiger partial charge in [-0.25, -0.2) is 39.7 Å². The number of rotatable bonds is 17. The Labute approximate surface area is 407 Å². The maximum Gasteiger partial charge on any atom is 0.211 e. The van der Waals surface area contributed by atoms with Crippen LogP contribution in [0.3, 0.4) is 0 Å². The molecule has 68 heavy (non-hydrogen) atoms. The Hall–Kier alpha value is -4.90. The molecular formula is C53H73N4O8S3-. The summed E-state index contributed by atoms with van der Waals surface area (Å²) in [5.74, 6) is 1.24. The summed E-state index contributed by atoms with van der Waals surface area (Å²) in [7, 11) is -9.25. The predicted molar refractivity (Wildman–Crippen MR) is 281 cm³/mol. The molecule has 3 N–H and O–H groups in total. The smallest absolute Gasteiger partial charge is 0.211 e. The van der Waals surface area contributed by atoms with Crippen LogP contribution in [0.25, 0.3) is 33.4 Å². The van der Waals surface area contributed by atoms with Crippen LogP contribution in [0.5, 0.6) is 0 Å². The molecule has 372 valence electrons. The third-order valence-corrected chi connectivity index (χ3v) is 14.4. The van der Waals surface area contributed by atoms with Crippen molar-refractivity contribution < 1.29 is 34.2 Å². The van der Waals surface area contributed by atoms with Gasteiger partial charge in [0.25, 0.3) is 0 Å². The number of aryl methyl sites for hydroxylation is 4. The number of hydrogen-bond donors (Lipinski definition) is 3. The lowest BCUT2D eigenvalue weighted by Crippen LogP contribution is -2.28. The topological polar surface area (TPSA) is 187 Å². The third kappa shape index (κ3) is 17.9.